The fraction of sp³-hybridized carbons (Fsp3) is 0.667. The quantitative estimate of drug-likeness (QED) is 0.700. The van der Waals surface area contributed by atoms with Crippen LogP contribution in [0.25, 0.3) is 0 Å². The van der Waals surface area contributed by atoms with Crippen molar-refractivity contribution in [3.8, 4) is 0 Å². The smallest absolute Gasteiger partial charge is 0.181 e. The average Bonchev–Trinajstić information content (AvgIpc) is 2.84. The van der Waals surface area contributed by atoms with Gasteiger partial charge in [0.1, 0.15) is 0 Å². The van der Waals surface area contributed by atoms with Crippen LogP contribution in [0.4, 0.5) is 0 Å². The Morgan fingerprint density at radius 2 is 2.12 bits per heavy atom. The molecular weight excluding hydrogens is 212 g/mol. The van der Waals surface area contributed by atoms with Crippen LogP contribution in [0.2, 0.25) is 0 Å². The van der Waals surface area contributed by atoms with Crippen molar-refractivity contribution in [3.05, 3.63) is 22.8 Å². The minimum atomic E-state index is 0.233. The molecule has 1 aliphatic carbocycles. The van der Waals surface area contributed by atoms with Gasteiger partial charge in [0.25, 0.3) is 0 Å². The molecule has 0 spiro atoms. The molecule has 0 saturated carbocycles. The summed E-state index contributed by atoms with van der Waals surface area (Å²) in [6, 6.07) is 0. The number of hydrogen-bond donors (Lipinski definition) is 0. The van der Waals surface area contributed by atoms with Gasteiger partial charge in [-0.2, -0.15) is 0 Å². The number of carbonyl (C=O) groups is 1. The monoisotopic (exact) mass is 234 g/mol. The van der Waals surface area contributed by atoms with Gasteiger partial charge in [-0.3, -0.25) is 4.79 Å². The largest absolute Gasteiger partial charge is 0.381 e. The maximum absolute atomic E-state index is 12.3. The maximum Gasteiger partial charge on any atom is 0.181 e. The molecule has 2 aliphatic rings. The highest BCUT2D eigenvalue weighted by Gasteiger charge is 2.32. The summed E-state index contributed by atoms with van der Waals surface area (Å²) in [6.45, 7) is 7.81. The van der Waals surface area contributed by atoms with E-state index in [9.17, 15) is 4.79 Å². The van der Waals surface area contributed by atoms with Gasteiger partial charge in [0, 0.05) is 18.1 Å². The summed E-state index contributed by atoms with van der Waals surface area (Å²) >= 11 is 0. The second-order valence-electron chi connectivity index (χ2n) is 5.53. The Labute approximate surface area is 104 Å². The van der Waals surface area contributed by atoms with Crippen LogP contribution in [0, 0.1) is 11.8 Å². The van der Waals surface area contributed by atoms with Crippen molar-refractivity contribution < 1.29 is 9.53 Å². The van der Waals surface area contributed by atoms with E-state index in [0.29, 0.717) is 11.8 Å². The first-order valence-electron chi connectivity index (χ1n) is 6.59. The Morgan fingerprint density at radius 3 is 2.71 bits per heavy atom. The fourth-order valence-electron chi connectivity index (χ4n) is 2.94. The number of hydrogen-bond acceptors (Lipinski definition) is 2. The van der Waals surface area contributed by atoms with Crippen molar-refractivity contribution in [1.29, 1.82) is 0 Å². The third-order valence-corrected chi connectivity index (χ3v) is 3.79. The molecule has 1 saturated heterocycles. The molecule has 0 radical (unpaired) electrons. The first-order valence-corrected chi connectivity index (χ1v) is 6.59. The van der Waals surface area contributed by atoms with Crippen molar-refractivity contribution in [1.82, 2.24) is 0 Å². The molecule has 1 fully saturated rings. The zero-order valence-electron chi connectivity index (χ0n) is 11.1. The van der Waals surface area contributed by atoms with Crippen molar-refractivity contribution in [2.24, 2.45) is 11.8 Å². The van der Waals surface area contributed by atoms with E-state index in [1.165, 1.54) is 5.57 Å². The summed E-state index contributed by atoms with van der Waals surface area (Å²) in [5.74, 6) is 1.16. The standard InChI is InChI=1S/C15H22O2/c1-10(2)8-14(16)15-11(3)4-5-13(15)12-6-7-17-9-12/h8,11-12H,4-7,9H2,1-3H3/t11-,12?/m0/s1. The predicted molar refractivity (Wildman–Crippen MR) is 68.8 cm³/mol. The molecule has 1 heterocycles. The van der Waals surface area contributed by atoms with E-state index in [0.717, 1.165) is 43.6 Å². The fourth-order valence-corrected chi connectivity index (χ4v) is 2.94. The summed E-state index contributed by atoms with van der Waals surface area (Å²) in [7, 11) is 0. The minimum absolute atomic E-state index is 0.233. The molecule has 1 aliphatic heterocycles. The van der Waals surface area contributed by atoms with Crippen molar-refractivity contribution in [3.63, 3.8) is 0 Å². The highest BCUT2D eigenvalue weighted by Crippen LogP contribution is 2.39. The van der Waals surface area contributed by atoms with E-state index < -0.39 is 0 Å². The lowest BCUT2D eigenvalue weighted by Gasteiger charge is -2.13. The van der Waals surface area contributed by atoms with Gasteiger partial charge >= 0.3 is 0 Å². The third kappa shape index (κ3) is 2.68. The van der Waals surface area contributed by atoms with E-state index >= 15 is 0 Å². The Bertz CT molecular complexity index is 366. The van der Waals surface area contributed by atoms with Gasteiger partial charge in [0.15, 0.2) is 5.78 Å². The summed E-state index contributed by atoms with van der Waals surface area (Å²) in [5, 5.41) is 0. The first kappa shape index (κ1) is 12.6. The molecule has 0 N–H and O–H groups in total. The zero-order chi connectivity index (χ0) is 12.4. The van der Waals surface area contributed by atoms with E-state index in [1.54, 1.807) is 6.08 Å². The van der Waals surface area contributed by atoms with E-state index in [2.05, 4.69) is 6.92 Å². The molecule has 2 rings (SSSR count). The van der Waals surface area contributed by atoms with Crippen LogP contribution in [0.1, 0.15) is 40.0 Å². The Kier molecular flexibility index (Phi) is 3.82. The highest BCUT2D eigenvalue weighted by molar-refractivity contribution is 6.05. The van der Waals surface area contributed by atoms with Crippen LogP contribution >= 0.6 is 0 Å². The number of allylic oxidation sites excluding steroid dienone is 3. The summed E-state index contributed by atoms with van der Waals surface area (Å²) < 4.78 is 5.45. The van der Waals surface area contributed by atoms with E-state index in [-0.39, 0.29) is 5.78 Å². The van der Waals surface area contributed by atoms with Crippen LogP contribution in [-0.2, 0) is 9.53 Å². The average molecular weight is 234 g/mol. The van der Waals surface area contributed by atoms with Crippen molar-refractivity contribution >= 4 is 5.78 Å². The van der Waals surface area contributed by atoms with Gasteiger partial charge in [0.2, 0.25) is 0 Å². The molecule has 2 nitrogen and oxygen atoms in total. The lowest BCUT2D eigenvalue weighted by molar-refractivity contribution is -0.111. The molecule has 0 aromatic heterocycles. The van der Waals surface area contributed by atoms with Crippen LogP contribution in [0.5, 0.6) is 0 Å². The molecular formula is C15H22O2. The number of ether oxygens (including phenoxy) is 1. The molecule has 0 amide bonds. The van der Waals surface area contributed by atoms with Crippen molar-refractivity contribution in [2.75, 3.05) is 13.2 Å². The molecule has 0 bridgehead atoms. The molecule has 94 valence electrons. The second-order valence-corrected chi connectivity index (χ2v) is 5.53. The molecule has 1 unspecified atom stereocenters. The molecule has 2 atom stereocenters. The minimum Gasteiger partial charge on any atom is -0.381 e. The van der Waals surface area contributed by atoms with Crippen LogP contribution in [0.15, 0.2) is 22.8 Å². The maximum atomic E-state index is 12.3. The topological polar surface area (TPSA) is 26.3 Å². The lowest BCUT2D eigenvalue weighted by Crippen LogP contribution is -2.10. The van der Waals surface area contributed by atoms with Crippen LogP contribution in [-0.4, -0.2) is 19.0 Å². The van der Waals surface area contributed by atoms with Gasteiger partial charge < -0.3 is 4.74 Å². The predicted octanol–water partition coefficient (Wildman–Crippen LogP) is 3.28. The van der Waals surface area contributed by atoms with Gasteiger partial charge in [-0.05, 0) is 45.1 Å². The molecule has 2 heteroatoms. The van der Waals surface area contributed by atoms with Crippen LogP contribution in [0.3, 0.4) is 0 Å². The summed E-state index contributed by atoms with van der Waals surface area (Å²) in [6.07, 6.45) is 5.09. The number of carbonyl (C=O) groups excluding carboxylic acids is 1. The van der Waals surface area contributed by atoms with E-state index in [4.69, 9.17) is 4.74 Å². The molecule has 0 aromatic rings. The lowest BCUT2D eigenvalue weighted by atomic mass is 9.91. The summed E-state index contributed by atoms with van der Waals surface area (Å²) in [5.41, 5.74) is 3.56. The Balaban J connectivity index is 2.27. The number of ketones is 1. The SMILES string of the molecule is CC(C)=CC(=O)C1=C(C2CCOC2)CC[C@@H]1C. The first-order chi connectivity index (χ1) is 8.09. The van der Waals surface area contributed by atoms with Crippen LogP contribution < -0.4 is 0 Å². The normalized spacial score (nSPS) is 28.6. The van der Waals surface area contributed by atoms with E-state index in [1.807, 2.05) is 13.8 Å². The molecule has 0 aromatic carbocycles. The zero-order valence-corrected chi connectivity index (χ0v) is 11.1. The van der Waals surface area contributed by atoms with Gasteiger partial charge in [-0.15, -0.1) is 0 Å². The van der Waals surface area contributed by atoms with Crippen molar-refractivity contribution in [2.45, 2.75) is 40.0 Å². The van der Waals surface area contributed by atoms with Gasteiger partial charge in [-0.25, -0.2) is 0 Å². The highest BCUT2D eigenvalue weighted by atomic mass is 16.5. The Morgan fingerprint density at radius 1 is 1.35 bits per heavy atom. The van der Waals surface area contributed by atoms with Gasteiger partial charge in [0.05, 0.1) is 6.61 Å². The number of rotatable bonds is 3. The Hall–Kier alpha value is -0.890. The third-order valence-electron chi connectivity index (χ3n) is 3.79. The molecule has 17 heavy (non-hydrogen) atoms. The summed E-state index contributed by atoms with van der Waals surface area (Å²) in [4.78, 5) is 12.3. The van der Waals surface area contributed by atoms with Gasteiger partial charge in [-0.1, -0.05) is 18.1 Å². The second kappa shape index (κ2) is 5.18.